The zero-order chi connectivity index (χ0) is 13.0. The van der Waals surface area contributed by atoms with Crippen LogP contribution in [0.3, 0.4) is 0 Å². The molecule has 0 radical (unpaired) electrons. The fourth-order valence-corrected chi connectivity index (χ4v) is 1.47. The van der Waals surface area contributed by atoms with Crippen LogP contribution in [0.15, 0.2) is 30.6 Å². The molecule has 5 nitrogen and oxygen atoms in total. The van der Waals surface area contributed by atoms with Gasteiger partial charge in [0, 0.05) is 24.5 Å². The maximum atomic E-state index is 5.68. The third-order valence-electron chi connectivity index (χ3n) is 2.86. The Hall–Kier alpha value is -1.88. The van der Waals surface area contributed by atoms with Gasteiger partial charge in [0.05, 0.1) is 5.69 Å². The number of nitrogens with two attached hydrogens (primary N) is 1. The molecule has 0 aliphatic rings. The molecule has 0 saturated carbocycles. The number of rotatable bonds is 5. The minimum Gasteiger partial charge on any atom is -0.368 e. The van der Waals surface area contributed by atoms with Crippen molar-refractivity contribution in [2.24, 2.45) is 11.1 Å². The molecule has 0 saturated heterocycles. The number of hydrogen-bond acceptors (Lipinski definition) is 4. The Bertz CT molecular complexity index is 473. The third-order valence-corrected chi connectivity index (χ3v) is 2.86. The maximum absolute atomic E-state index is 5.68. The van der Waals surface area contributed by atoms with Crippen molar-refractivity contribution < 1.29 is 0 Å². The number of aromatic nitrogens is 3. The van der Waals surface area contributed by atoms with Crippen molar-refractivity contribution in [3.63, 3.8) is 0 Å². The van der Waals surface area contributed by atoms with Crippen LogP contribution >= 0.6 is 0 Å². The zero-order valence-corrected chi connectivity index (χ0v) is 10.8. The summed E-state index contributed by atoms with van der Waals surface area (Å²) in [6.45, 7) is 5.64. The van der Waals surface area contributed by atoms with E-state index in [4.69, 9.17) is 5.73 Å². The summed E-state index contributed by atoms with van der Waals surface area (Å²) in [6, 6.07) is 5.85. The first-order chi connectivity index (χ1) is 8.61. The first kappa shape index (κ1) is 12.6. The Kier molecular flexibility index (Phi) is 3.62. The molecule has 2 rings (SSSR count). The van der Waals surface area contributed by atoms with Crippen LogP contribution in [-0.4, -0.2) is 28.3 Å². The average Bonchev–Trinajstić information content (AvgIpc) is 2.91. The number of anilines is 1. The van der Waals surface area contributed by atoms with Gasteiger partial charge in [-0.15, -0.1) is 10.2 Å². The van der Waals surface area contributed by atoms with Crippen LogP contribution in [0.25, 0.3) is 11.3 Å². The lowest BCUT2D eigenvalue weighted by Gasteiger charge is -2.22. The normalized spacial score (nSPS) is 11.5. The Balaban J connectivity index is 2.00. The predicted molar refractivity (Wildman–Crippen MR) is 73.1 cm³/mol. The number of aromatic amines is 1. The molecule has 0 aromatic carbocycles. The molecule has 2 heterocycles. The third kappa shape index (κ3) is 3.07. The number of nitrogens with zero attached hydrogens (tertiary/aromatic N) is 2. The van der Waals surface area contributed by atoms with Gasteiger partial charge in [0.25, 0.3) is 0 Å². The van der Waals surface area contributed by atoms with Gasteiger partial charge >= 0.3 is 0 Å². The van der Waals surface area contributed by atoms with E-state index in [1.807, 2.05) is 30.6 Å². The highest BCUT2D eigenvalue weighted by Crippen LogP contribution is 2.17. The van der Waals surface area contributed by atoms with E-state index < -0.39 is 0 Å². The molecule has 0 atom stereocenters. The Labute approximate surface area is 107 Å². The fraction of sp³-hybridized carbons (Fsp3) is 0.385. The van der Waals surface area contributed by atoms with E-state index in [-0.39, 0.29) is 5.41 Å². The lowest BCUT2D eigenvalue weighted by Crippen LogP contribution is -2.31. The lowest BCUT2D eigenvalue weighted by atomic mass is 9.94. The van der Waals surface area contributed by atoms with Gasteiger partial charge in [-0.3, -0.25) is 0 Å². The van der Waals surface area contributed by atoms with Crippen molar-refractivity contribution in [3.8, 4) is 11.3 Å². The summed E-state index contributed by atoms with van der Waals surface area (Å²) in [5.74, 6) is 0.774. The summed E-state index contributed by atoms with van der Waals surface area (Å²) in [6.07, 6.45) is 3.77. The van der Waals surface area contributed by atoms with Crippen LogP contribution in [0.2, 0.25) is 0 Å². The van der Waals surface area contributed by atoms with E-state index in [0.717, 1.165) is 23.6 Å². The molecular weight excluding hydrogens is 226 g/mol. The molecule has 0 aliphatic carbocycles. The maximum Gasteiger partial charge on any atom is 0.148 e. The van der Waals surface area contributed by atoms with Crippen molar-refractivity contribution in [2.45, 2.75) is 13.8 Å². The highest BCUT2D eigenvalue weighted by atomic mass is 15.2. The van der Waals surface area contributed by atoms with E-state index >= 15 is 0 Å². The van der Waals surface area contributed by atoms with Crippen LogP contribution < -0.4 is 11.1 Å². The van der Waals surface area contributed by atoms with Crippen LogP contribution in [0.1, 0.15) is 13.8 Å². The van der Waals surface area contributed by atoms with E-state index in [1.54, 1.807) is 0 Å². The molecule has 5 heteroatoms. The molecule has 96 valence electrons. The second kappa shape index (κ2) is 5.18. The van der Waals surface area contributed by atoms with Gasteiger partial charge in [-0.1, -0.05) is 13.8 Å². The molecular formula is C13H19N5. The van der Waals surface area contributed by atoms with Crippen LogP contribution in [0, 0.1) is 5.41 Å². The summed E-state index contributed by atoms with van der Waals surface area (Å²) >= 11 is 0. The lowest BCUT2D eigenvalue weighted by molar-refractivity contribution is 0.405. The van der Waals surface area contributed by atoms with Crippen molar-refractivity contribution in [2.75, 3.05) is 18.4 Å². The highest BCUT2D eigenvalue weighted by molar-refractivity contribution is 5.58. The van der Waals surface area contributed by atoms with E-state index in [9.17, 15) is 0 Å². The predicted octanol–water partition coefficient (Wildman–Crippen LogP) is 1.87. The number of hydrogen-bond donors (Lipinski definition) is 3. The van der Waals surface area contributed by atoms with Gasteiger partial charge in [-0.2, -0.15) is 0 Å². The average molecular weight is 245 g/mol. The molecule has 0 bridgehead atoms. The number of H-pyrrole nitrogens is 1. The Morgan fingerprint density at radius 3 is 2.67 bits per heavy atom. The molecule has 2 aromatic rings. The second-order valence-corrected chi connectivity index (χ2v) is 5.13. The minimum absolute atomic E-state index is 0.0565. The fourth-order valence-electron chi connectivity index (χ4n) is 1.47. The molecule has 0 spiro atoms. The monoisotopic (exact) mass is 245 g/mol. The zero-order valence-electron chi connectivity index (χ0n) is 10.8. The van der Waals surface area contributed by atoms with Gasteiger partial charge < -0.3 is 16.0 Å². The van der Waals surface area contributed by atoms with E-state index in [1.165, 1.54) is 0 Å². The highest BCUT2D eigenvalue weighted by Gasteiger charge is 2.15. The first-order valence-electron chi connectivity index (χ1n) is 6.01. The van der Waals surface area contributed by atoms with Crippen molar-refractivity contribution in [1.82, 2.24) is 15.2 Å². The second-order valence-electron chi connectivity index (χ2n) is 5.13. The smallest absolute Gasteiger partial charge is 0.148 e. The van der Waals surface area contributed by atoms with E-state index in [0.29, 0.717) is 6.54 Å². The van der Waals surface area contributed by atoms with Gasteiger partial charge in [0.1, 0.15) is 5.82 Å². The molecule has 0 fully saturated rings. The van der Waals surface area contributed by atoms with Crippen molar-refractivity contribution in [3.05, 3.63) is 30.6 Å². The molecule has 0 unspecified atom stereocenters. The van der Waals surface area contributed by atoms with Crippen LogP contribution in [0.5, 0.6) is 0 Å². The number of nitrogens with one attached hydrogen (secondary N) is 2. The molecule has 18 heavy (non-hydrogen) atoms. The van der Waals surface area contributed by atoms with Gasteiger partial charge in [-0.05, 0) is 30.2 Å². The topological polar surface area (TPSA) is 79.6 Å². The van der Waals surface area contributed by atoms with Crippen LogP contribution in [-0.2, 0) is 0 Å². The molecule has 0 amide bonds. The summed E-state index contributed by atoms with van der Waals surface area (Å²) in [5.41, 5.74) is 7.64. The van der Waals surface area contributed by atoms with Crippen molar-refractivity contribution in [1.29, 1.82) is 0 Å². The summed E-state index contributed by atoms with van der Waals surface area (Å²) < 4.78 is 0. The van der Waals surface area contributed by atoms with Crippen LogP contribution in [0.4, 0.5) is 5.82 Å². The van der Waals surface area contributed by atoms with Crippen molar-refractivity contribution >= 4 is 5.82 Å². The molecule has 2 aromatic heterocycles. The van der Waals surface area contributed by atoms with E-state index in [2.05, 4.69) is 34.3 Å². The van der Waals surface area contributed by atoms with Gasteiger partial charge in [0.15, 0.2) is 0 Å². The summed E-state index contributed by atoms with van der Waals surface area (Å²) in [5, 5.41) is 11.6. The van der Waals surface area contributed by atoms with Gasteiger partial charge in [0.2, 0.25) is 0 Å². The molecule has 0 aliphatic heterocycles. The Morgan fingerprint density at radius 1 is 1.28 bits per heavy atom. The van der Waals surface area contributed by atoms with Gasteiger partial charge in [-0.25, -0.2) is 0 Å². The quantitative estimate of drug-likeness (QED) is 0.751. The summed E-state index contributed by atoms with van der Waals surface area (Å²) in [4.78, 5) is 3.00. The SMILES string of the molecule is CC(C)(CN)CNc1ccc(-c2cc[nH]c2)nn1. The largest absolute Gasteiger partial charge is 0.368 e. The Morgan fingerprint density at radius 2 is 2.11 bits per heavy atom. The standard InChI is InChI=1S/C13H19N5/c1-13(2,8-14)9-16-12-4-3-11(17-18-12)10-5-6-15-7-10/h3-7,15H,8-9,14H2,1-2H3,(H,16,18). The first-order valence-corrected chi connectivity index (χ1v) is 6.01. The minimum atomic E-state index is 0.0565. The summed E-state index contributed by atoms with van der Waals surface area (Å²) in [7, 11) is 0. The molecule has 4 N–H and O–H groups in total.